The first-order chi connectivity index (χ1) is 13.9. The Morgan fingerprint density at radius 3 is 2.45 bits per heavy atom. The zero-order valence-corrected chi connectivity index (χ0v) is 16.8. The highest BCUT2D eigenvalue weighted by Crippen LogP contribution is 2.24. The van der Waals surface area contributed by atoms with Gasteiger partial charge in [-0.25, -0.2) is 8.42 Å². The van der Waals surface area contributed by atoms with Crippen LogP contribution >= 0.6 is 0 Å². The molecule has 2 heterocycles. The van der Waals surface area contributed by atoms with E-state index in [2.05, 4.69) is 9.71 Å². The van der Waals surface area contributed by atoms with Crippen molar-refractivity contribution in [1.29, 1.82) is 0 Å². The summed E-state index contributed by atoms with van der Waals surface area (Å²) in [4.78, 5) is 14.7. The normalized spacial score (nSPS) is 18.3. The van der Waals surface area contributed by atoms with Crippen LogP contribution < -0.4 is 5.32 Å². The number of benzene rings is 2. The van der Waals surface area contributed by atoms with Crippen LogP contribution in [-0.2, 0) is 14.8 Å². The van der Waals surface area contributed by atoms with Gasteiger partial charge in [-0.05, 0) is 30.2 Å². The van der Waals surface area contributed by atoms with E-state index in [1.165, 1.54) is 0 Å². The largest absolute Gasteiger partial charge is 0.341 e. The molecule has 7 heteroatoms. The van der Waals surface area contributed by atoms with Crippen LogP contribution in [-0.4, -0.2) is 37.4 Å². The van der Waals surface area contributed by atoms with Crippen LogP contribution in [0.1, 0.15) is 22.7 Å². The van der Waals surface area contributed by atoms with Crippen LogP contribution in [0.15, 0.2) is 82.9 Å². The van der Waals surface area contributed by atoms with Crippen molar-refractivity contribution < 1.29 is 13.2 Å². The molecule has 0 aromatic heterocycles. The van der Waals surface area contributed by atoms with Crippen LogP contribution in [0.4, 0.5) is 0 Å². The average Bonchev–Trinajstić information content (AvgIpc) is 2.72. The van der Waals surface area contributed by atoms with E-state index in [1.54, 1.807) is 23.3 Å². The van der Waals surface area contributed by atoms with Gasteiger partial charge in [0.1, 0.15) is 5.84 Å². The van der Waals surface area contributed by atoms with Crippen molar-refractivity contribution in [2.45, 2.75) is 13.0 Å². The van der Waals surface area contributed by atoms with E-state index >= 15 is 0 Å². The fraction of sp³-hybridized carbons (Fsp3) is 0.182. The summed E-state index contributed by atoms with van der Waals surface area (Å²) in [7, 11) is -3.42. The average molecular weight is 407 g/mol. The fourth-order valence-corrected chi connectivity index (χ4v) is 4.28. The molecule has 1 N–H and O–H groups in total. The third-order valence-corrected chi connectivity index (χ3v) is 6.07. The summed E-state index contributed by atoms with van der Waals surface area (Å²) in [5.41, 5.74) is 3.58. The lowest BCUT2D eigenvalue weighted by atomic mass is 9.97. The van der Waals surface area contributed by atoms with Crippen LogP contribution in [0.25, 0.3) is 0 Å². The Morgan fingerprint density at radius 2 is 1.72 bits per heavy atom. The molecule has 1 amide bonds. The van der Waals surface area contributed by atoms with Crippen molar-refractivity contribution in [3.63, 3.8) is 0 Å². The minimum atomic E-state index is -3.42. The molecule has 0 saturated carbocycles. The molecule has 6 nitrogen and oxygen atoms in total. The van der Waals surface area contributed by atoms with Crippen LogP contribution in [0.3, 0.4) is 0 Å². The van der Waals surface area contributed by atoms with Gasteiger partial charge in [0.15, 0.2) is 0 Å². The van der Waals surface area contributed by atoms with E-state index in [0.717, 1.165) is 16.7 Å². The smallest absolute Gasteiger partial charge is 0.256 e. The van der Waals surface area contributed by atoms with Crippen molar-refractivity contribution in [1.82, 2.24) is 10.2 Å². The van der Waals surface area contributed by atoms with Crippen molar-refractivity contribution in [2.24, 2.45) is 4.40 Å². The number of nitrogens with one attached hydrogen (secondary N) is 1. The van der Waals surface area contributed by atoms with Gasteiger partial charge in [-0.3, -0.25) is 4.79 Å². The molecular formula is C22H21N3O3S. The molecule has 2 aliphatic rings. The van der Waals surface area contributed by atoms with Gasteiger partial charge < -0.3 is 10.2 Å². The second-order valence-electron chi connectivity index (χ2n) is 7.07. The van der Waals surface area contributed by atoms with Crippen molar-refractivity contribution >= 4 is 21.8 Å². The maximum absolute atomic E-state index is 13.0. The van der Waals surface area contributed by atoms with Crippen molar-refractivity contribution in [3.8, 4) is 0 Å². The lowest BCUT2D eigenvalue weighted by molar-refractivity contribution is -0.117. The van der Waals surface area contributed by atoms with Crippen molar-refractivity contribution in [3.05, 3.63) is 95.2 Å². The molecule has 29 heavy (non-hydrogen) atoms. The molecule has 2 aromatic rings. The molecule has 0 spiro atoms. The maximum Gasteiger partial charge on any atom is 0.256 e. The number of amidine groups is 1. The van der Waals surface area contributed by atoms with Crippen molar-refractivity contribution in [2.75, 3.05) is 12.3 Å². The number of carbonyl (C=O) groups excluding carboxylic acids is 1. The summed E-state index contributed by atoms with van der Waals surface area (Å²) in [6.45, 7) is 2.30. The van der Waals surface area contributed by atoms with E-state index in [-0.39, 0.29) is 24.2 Å². The lowest BCUT2D eigenvalue weighted by Gasteiger charge is -2.27. The monoisotopic (exact) mass is 407 g/mol. The van der Waals surface area contributed by atoms with E-state index in [9.17, 15) is 13.2 Å². The molecule has 1 atom stereocenters. The Bertz CT molecular complexity index is 1120. The molecule has 0 aliphatic carbocycles. The number of aryl methyl sites for hydroxylation is 1. The topological polar surface area (TPSA) is 78.8 Å². The first kappa shape index (κ1) is 19.1. The molecule has 2 aliphatic heterocycles. The summed E-state index contributed by atoms with van der Waals surface area (Å²) in [6, 6.07) is 17.6. The predicted octanol–water partition coefficient (Wildman–Crippen LogP) is 2.70. The number of rotatable bonds is 4. The number of carbonyl (C=O) groups is 1. The number of hydrogen-bond acceptors (Lipinski definition) is 4. The van der Waals surface area contributed by atoms with Gasteiger partial charge in [-0.15, -0.1) is 4.40 Å². The second-order valence-corrected chi connectivity index (χ2v) is 8.83. The number of amides is 1. The molecule has 0 fully saturated rings. The van der Waals surface area contributed by atoms with E-state index < -0.39 is 10.0 Å². The third-order valence-electron chi connectivity index (χ3n) is 4.91. The van der Waals surface area contributed by atoms with Gasteiger partial charge in [0, 0.05) is 12.7 Å². The van der Waals surface area contributed by atoms with Crippen LogP contribution in [0.5, 0.6) is 0 Å². The fourth-order valence-electron chi connectivity index (χ4n) is 3.31. The van der Waals surface area contributed by atoms with Gasteiger partial charge in [-0.1, -0.05) is 60.2 Å². The van der Waals surface area contributed by atoms with Crippen LogP contribution in [0.2, 0.25) is 0 Å². The SMILES string of the molecule is Cc1ccc([C@@H](NC(=O)C2=CN3CCS(=O)(=O)N=C3C=C2)c2ccccc2)cc1. The number of hydrogen-bond donors (Lipinski definition) is 1. The highest BCUT2D eigenvalue weighted by Gasteiger charge is 2.26. The first-order valence-corrected chi connectivity index (χ1v) is 10.9. The lowest BCUT2D eigenvalue weighted by Crippen LogP contribution is -2.38. The Balaban J connectivity index is 1.60. The molecule has 0 bridgehead atoms. The summed E-state index contributed by atoms with van der Waals surface area (Å²) < 4.78 is 27.1. The zero-order valence-electron chi connectivity index (χ0n) is 15.9. The van der Waals surface area contributed by atoms with Gasteiger partial charge in [0.25, 0.3) is 15.9 Å². The van der Waals surface area contributed by atoms with E-state index in [4.69, 9.17) is 0 Å². The Morgan fingerprint density at radius 1 is 1.03 bits per heavy atom. The summed E-state index contributed by atoms with van der Waals surface area (Å²) in [6.07, 6.45) is 4.82. The van der Waals surface area contributed by atoms with Gasteiger partial charge >= 0.3 is 0 Å². The Hall–Kier alpha value is -3.19. The maximum atomic E-state index is 13.0. The highest BCUT2D eigenvalue weighted by molar-refractivity contribution is 7.90. The summed E-state index contributed by atoms with van der Waals surface area (Å²) in [5, 5.41) is 3.11. The number of fused-ring (bicyclic) bond motifs is 1. The minimum absolute atomic E-state index is 0.0637. The third kappa shape index (κ3) is 4.30. The summed E-state index contributed by atoms with van der Waals surface area (Å²) in [5.74, 6) is 0.0419. The van der Waals surface area contributed by atoms with E-state index in [0.29, 0.717) is 11.4 Å². The standard InChI is InChI=1S/C22H21N3O3S/c1-16-7-9-18(10-8-16)21(17-5-3-2-4-6-17)23-22(26)19-11-12-20-24-29(27,28)14-13-25(20)15-19/h2-12,15,21H,13-14H2,1H3,(H,23,26)/t21-/m0/s1. The highest BCUT2D eigenvalue weighted by atomic mass is 32.2. The molecule has 0 radical (unpaired) electrons. The zero-order chi connectivity index (χ0) is 20.4. The number of nitrogens with zero attached hydrogens (tertiary/aromatic N) is 2. The molecule has 148 valence electrons. The molecule has 4 rings (SSSR count). The minimum Gasteiger partial charge on any atom is -0.341 e. The predicted molar refractivity (Wildman–Crippen MR) is 113 cm³/mol. The molecule has 0 unspecified atom stereocenters. The summed E-state index contributed by atoms with van der Waals surface area (Å²) >= 11 is 0. The Labute approximate surface area is 170 Å². The second kappa shape index (κ2) is 7.67. The molecule has 0 saturated heterocycles. The van der Waals surface area contributed by atoms with Gasteiger partial charge in [0.2, 0.25) is 0 Å². The Kier molecular flexibility index (Phi) is 5.07. The van der Waals surface area contributed by atoms with Gasteiger partial charge in [-0.2, -0.15) is 0 Å². The van der Waals surface area contributed by atoms with E-state index in [1.807, 2.05) is 61.5 Å². The molecule has 2 aromatic carbocycles. The van der Waals surface area contributed by atoms with Crippen LogP contribution in [0, 0.1) is 6.92 Å². The quantitative estimate of drug-likeness (QED) is 0.845. The first-order valence-electron chi connectivity index (χ1n) is 9.33. The van der Waals surface area contributed by atoms with Gasteiger partial charge in [0.05, 0.1) is 17.4 Å². The molecular weight excluding hydrogens is 386 g/mol. The number of sulfonamides is 1.